The lowest BCUT2D eigenvalue weighted by Crippen LogP contribution is -2.28. The molecule has 1 aromatic rings. The lowest BCUT2D eigenvalue weighted by molar-refractivity contribution is 0.318. The van der Waals surface area contributed by atoms with E-state index >= 15 is 0 Å². The van der Waals surface area contributed by atoms with Crippen LogP contribution < -0.4 is 10.6 Å². The molecule has 1 saturated carbocycles. The highest BCUT2D eigenvalue weighted by atomic mass is 16.4. The van der Waals surface area contributed by atoms with Crippen LogP contribution in [0.2, 0.25) is 0 Å². The summed E-state index contributed by atoms with van der Waals surface area (Å²) in [5, 5.41) is 12.0. The molecule has 0 unspecified atom stereocenters. The van der Waals surface area contributed by atoms with E-state index < -0.39 is 0 Å². The Bertz CT molecular complexity index is 467. The van der Waals surface area contributed by atoms with Crippen molar-refractivity contribution in [1.82, 2.24) is 4.98 Å². The topological polar surface area (TPSA) is 74.7 Å². The number of oxime groups is 1. The molecule has 0 bridgehead atoms. The van der Waals surface area contributed by atoms with Gasteiger partial charge in [0.1, 0.15) is 5.82 Å². The Morgan fingerprint density at radius 3 is 2.79 bits per heavy atom. The van der Waals surface area contributed by atoms with Crippen LogP contribution in [-0.4, -0.2) is 29.6 Å². The van der Waals surface area contributed by atoms with Crippen molar-refractivity contribution in [2.75, 3.05) is 18.5 Å². The molecule has 1 aromatic heterocycles. The highest BCUT2D eigenvalue weighted by Crippen LogP contribution is 2.27. The van der Waals surface area contributed by atoms with Gasteiger partial charge in [-0.3, -0.25) is 0 Å². The van der Waals surface area contributed by atoms with Gasteiger partial charge in [0, 0.05) is 19.3 Å². The van der Waals surface area contributed by atoms with Crippen LogP contribution in [0.15, 0.2) is 17.3 Å². The van der Waals surface area contributed by atoms with E-state index in [-0.39, 0.29) is 5.84 Å². The first-order chi connectivity index (χ1) is 9.11. The van der Waals surface area contributed by atoms with E-state index in [2.05, 4.69) is 15.0 Å². The molecule has 19 heavy (non-hydrogen) atoms. The Morgan fingerprint density at radius 1 is 1.47 bits per heavy atom. The fraction of sp³-hybridized carbons (Fsp3) is 0.571. The second-order valence-corrected chi connectivity index (χ2v) is 5.34. The van der Waals surface area contributed by atoms with E-state index in [1.54, 1.807) is 0 Å². The first-order valence-corrected chi connectivity index (χ1v) is 6.78. The summed E-state index contributed by atoms with van der Waals surface area (Å²) in [6.45, 7) is 2.92. The normalized spacial score (nSPS) is 16.8. The van der Waals surface area contributed by atoms with Gasteiger partial charge in [0.2, 0.25) is 0 Å². The van der Waals surface area contributed by atoms with Gasteiger partial charge in [-0.2, -0.15) is 0 Å². The van der Waals surface area contributed by atoms with Crippen molar-refractivity contribution in [1.29, 1.82) is 0 Å². The van der Waals surface area contributed by atoms with Gasteiger partial charge in [-0.1, -0.05) is 18.0 Å². The number of aromatic nitrogens is 1. The molecule has 1 fully saturated rings. The summed E-state index contributed by atoms with van der Waals surface area (Å²) in [6, 6.07) is 3.73. The molecular formula is C14H22N4O. The lowest BCUT2D eigenvalue weighted by Gasteiger charge is -2.24. The van der Waals surface area contributed by atoms with Crippen LogP contribution in [0.1, 0.15) is 36.9 Å². The maximum absolute atomic E-state index is 8.86. The molecule has 5 nitrogen and oxygen atoms in total. The number of hydrogen-bond acceptors (Lipinski definition) is 4. The minimum atomic E-state index is 0.112. The van der Waals surface area contributed by atoms with Gasteiger partial charge in [0.05, 0.1) is 5.56 Å². The first kappa shape index (κ1) is 13.6. The van der Waals surface area contributed by atoms with Crippen LogP contribution in [0.5, 0.6) is 0 Å². The van der Waals surface area contributed by atoms with Crippen LogP contribution in [0.25, 0.3) is 0 Å². The van der Waals surface area contributed by atoms with Gasteiger partial charge in [-0.25, -0.2) is 4.98 Å². The van der Waals surface area contributed by atoms with E-state index in [4.69, 9.17) is 10.9 Å². The molecule has 0 saturated heterocycles. The fourth-order valence-electron chi connectivity index (χ4n) is 2.75. The second-order valence-electron chi connectivity index (χ2n) is 5.34. The minimum absolute atomic E-state index is 0.112. The number of pyridine rings is 1. The summed E-state index contributed by atoms with van der Waals surface area (Å²) in [7, 11) is 2.02. The molecular weight excluding hydrogens is 240 g/mol. The van der Waals surface area contributed by atoms with Gasteiger partial charge in [0.25, 0.3) is 0 Å². The number of aryl methyl sites for hydroxylation is 1. The summed E-state index contributed by atoms with van der Waals surface area (Å²) < 4.78 is 0. The maximum Gasteiger partial charge on any atom is 0.173 e. The van der Waals surface area contributed by atoms with Gasteiger partial charge >= 0.3 is 0 Å². The smallest absolute Gasteiger partial charge is 0.173 e. The molecule has 3 N–H and O–H groups in total. The third-order valence-electron chi connectivity index (χ3n) is 3.77. The van der Waals surface area contributed by atoms with Gasteiger partial charge in [0.15, 0.2) is 5.84 Å². The Labute approximate surface area is 114 Å². The monoisotopic (exact) mass is 262 g/mol. The molecule has 0 radical (unpaired) electrons. The molecule has 1 aliphatic rings. The molecule has 1 heterocycles. The standard InChI is InChI=1S/C14H22N4O/c1-10-7-8-12(13(15)17-19)14(16-10)18(2)9-11-5-3-4-6-11/h7-8,11,19H,3-6,9H2,1-2H3,(H2,15,17). The Kier molecular flexibility index (Phi) is 4.24. The lowest BCUT2D eigenvalue weighted by atomic mass is 10.1. The quantitative estimate of drug-likeness (QED) is 0.377. The summed E-state index contributed by atoms with van der Waals surface area (Å²) >= 11 is 0. The third kappa shape index (κ3) is 3.16. The SMILES string of the molecule is Cc1ccc(C(N)=NO)c(N(C)CC2CCCC2)n1. The highest BCUT2D eigenvalue weighted by molar-refractivity contribution is 6.01. The van der Waals surface area contributed by atoms with Crippen LogP contribution in [0.3, 0.4) is 0 Å². The van der Waals surface area contributed by atoms with Crippen LogP contribution in [-0.2, 0) is 0 Å². The van der Waals surface area contributed by atoms with Crippen molar-refractivity contribution in [3.05, 3.63) is 23.4 Å². The van der Waals surface area contributed by atoms with Crippen molar-refractivity contribution < 1.29 is 5.21 Å². The van der Waals surface area contributed by atoms with Crippen molar-refractivity contribution >= 4 is 11.7 Å². The third-order valence-corrected chi connectivity index (χ3v) is 3.77. The van der Waals surface area contributed by atoms with E-state index in [9.17, 15) is 0 Å². The summed E-state index contributed by atoms with van der Waals surface area (Å²) in [6.07, 6.45) is 5.23. The molecule has 5 heteroatoms. The zero-order valence-electron chi connectivity index (χ0n) is 11.6. The molecule has 0 aromatic carbocycles. The fourth-order valence-corrected chi connectivity index (χ4v) is 2.75. The van der Waals surface area contributed by atoms with E-state index in [0.29, 0.717) is 5.56 Å². The van der Waals surface area contributed by atoms with E-state index in [1.807, 2.05) is 26.1 Å². The predicted octanol–water partition coefficient (Wildman–Crippen LogP) is 2.11. The Hall–Kier alpha value is -1.78. The molecule has 0 spiro atoms. The van der Waals surface area contributed by atoms with Crippen molar-refractivity contribution in [3.8, 4) is 0 Å². The number of nitrogens with two attached hydrogens (primary N) is 1. The number of nitrogens with zero attached hydrogens (tertiary/aromatic N) is 3. The van der Waals surface area contributed by atoms with E-state index in [0.717, 1.165) is 24.0 Å². The van der Waals surface area contributed by atoms with Gasteiger partial charge in [-0.05, 0) is 37.8 Å². The summed E-state index contributed by atoms with van der Waals surface area (Å²) in [4.78, 5) is 6.66. The zero-order chi connectivity index (χ0) is 13.8. The largest absolute Gasteiger partial charge is 0.409 e. The first-order valence-electron chi connectivity index (χ1n) is 6.78. The average molecular weight is 262 g/mol. The molecule has 104 valence electrons. The number of hydrogen-bond donors (Lipinski definition) is 2. The minimum Gasteiger partial charge on any atom is -0.409 e. The molecule has 0 atom stereocenters. The summed E-state index contributed by atoms with van der Waals surface area (Å²) in [5.74, 6) is 1.63. The van der Waals surface area contributed by atoms with Crippen molar-refractivity contribution in [3.63, 3.8) is 0 Å². The molecule has 2 rings (SSSR count). The maximum atomic E-state index is 8.86. The van der Waals surface area contributed by atoms with Crippen molar-refractivity contribution in [2.24, 2.45) is 16.8 Å². The van der Waals surface area contributed by atoms with Crippen LogP contribution >= 0.6 is 0 Å². The number of amidine groups is 1. The van der Waals surface area contributed by atoms with Crippen molar-refractivity contribution in [2.45, 2.75) is 32.6 Å². The van der Waals surface area contributed by atoms with Crippen LogP contribution in [0, 0.1) is 12.8 Å². The average Bonchev–Trinajstić information content (AvgIpc) is 2.90. The number of anilines is 1. The van der Waals surface area contributed by atoms with Gasteiger partial charge < -0.3 is 15.8 Å². The predicted molar refractivity (Wildman–Crippen MR) is 76.7 cm³/mol. The van der Waals surface area contributed by atoms with E-state index in [1.165, 1.54) is 25.7 Å². The second kappa shape index (κ2) is 5.91. The Balaban J connectivity index is 2.23. The summed E-state index contributed by atoms with van der Waals surface area (Å²) in [5.41, 5.74) is 7.35. The van der Waals surface area contributed by atoms with Crippen LogP contribution in [0.4, 0.5) is 5.82 Å². The molecule has 1 aliphatic carbocycles. The highest BCUT2D eigenvalue weighted by Gasteiger charge is 2.20. The van der Waals surface area contributed by atoms with Gasteiger partial charge in [-0.15, -0.1) is 0 Å². The zero-order valence-corrected chi connectivity index (χ0v) is 11.6. The molecule has 0 aliphatic heterocycles. The molecule has 0 amide bonds. The Morgan fingerprint density at radius 2 is 2.16 bits per heavy atom. The number of rotatable bonds is 4.